The third kappa shape index (κ3) is 2.22. The number of hydrogen-bond acceptors (Lipinski definition) is 4. The van der Waals surface area contributed by atoms with Crippen molar-refractivity contribution in [1.82, 2.24) is 4.90 Å². The molecular formula is C8H15N3O. The minimum Gasteiger partial charge on any atom is -0.411 e. The van der Waals surface area contributed by atoms with E-state index in [-0.39, 0.29) is 0 Å². The second-order valence-electron chi connectivity index (χ2n) is 2.83. The highest BCUT2D eigenvalue weighted by Crippen LogP contribution is 2.02. The molecule has 0 aromatic carbocycles. The first-order chi connectivity index (χ1) is 5.88. The Balaban J connectivity index is 2.39. The fraction of sp³-hybridized carbons (Fsp3) is 0.750. The summed E-state index contributed by atoms with van der Waals surface area (Å²) in [6.45, 7) is 4.96. The van der Waals surface area contributed by atoms with Gasteiger partial charge in [-0.3, -0.25) is 4.99 Å². The normalized spacial score (nSPS) is 17.4. The molecule has 12 heavy (non-hydrogen) atoms. The van der Waals surface area contributed by atoms with E-state index in [0.29, 0.717) is 0 Å². The van der Waals surface area contributed by atoms with Gasteiger partial charge in [0.15, 0.2) is 0 Å². The summed E-state index contributed by atoms with van der Waals surface area (Å²) in [4.78, 5) is 6.34. The van der Waals surface area contributed by atoms with Gasteiger partial charge in [-0.2, -0.15) is 0 Å². The van der Waals surface area contributed by atoms with Gasteiger partial charge in [-0.25, -0.2) is 0 Å². The van der Waals surface area contributed by atoms with Gasteiger partial charge in [0.1, 0.15) is 12.1 Å². The molecule has 0 saturated heterocycles. The zero-order valence-electron chi connectivity index (χ0n) is 7.40. The van der Waals surface area contributed by atoms with E-state index in [1.54, 1.807) is 0 Å². The predicted octanol–water partition coefficient (Wildman–Crippen LogP) is 0.961. The Labute approximate surface area is 72.6 Å². The second kappa shape index (κ2) is 4.74. The van der Waals surface area contributed by atoms with Crippen molar-refractivity contribution in [2.24, 2.45) is 10.1 Å². The molecule has 0 unspecified atom stereocenters. The van der Waals surface area contributed by atoms with Gasteiger partial charge in [0.05, 0.1) is 6.54 Å². The summed E-state index contributed by atoms with van der Waals surface area (Å²) in [6, 6.07) is 0. The number of nitrogens with zero attached hydrogens (tertiary/aromatic N) is 3. The van der Waals surface area contributed by atoms with Crippen molar-refractivity contribution in [3.05, 3.63) is 0 Å². The molecule has 0 spiro atoms. The smallest absolute Gasteiger partial charge is 0.145 e. The summed E-state index contributed by atoms with van der Waals surface area (Å²) in [5.41, 5.74) is 0. The Morgan fingerprint density at radius 2 is 2.58 bits per heavy atom. The Bertz CT molecular complexity index is 189. The average Bonchev–Trinajstić information content (AvgIpc) is 2.50. The maximum atomic E-state index is 8.33. The highest BCUT2D eigenvalue weighted by atomic mass is 16.4. The maximum Gasteiger partial charge on any atom is 0.145 e. The highest BCUT2D eigenvalue weighted by Gasteiger charge is 2.13. The summed E-state index contributed by atoms with van der Waals surface area (Å²) in [6.07, 6.45) is 3.75. The molecule has 1 aliphatic rings. The zero-order valence-corrected chi connectivity index (χ0v) is 7.40. The highest BCUT2D eigenvalue weighted by molar-refractivity contribution is 6.29. The molecule has 1 heterocycles. The van der Waals surface area contributed by atoms with Crippen molar-refractivity contribution in [2.75, 3.05) is 19.6 Å². The van der Waals surface area contributed by atoms with E-state index in [2.05, 4.69) is 22.0 Å². The molecule has 4 heteroatoms. The van der Waals surface area contributed by atoms with Crippen molar-refractivity contribution in [3.63, 3.8) is 0 Å². The van der Waals surface area contributed by atoms with Gasteiger partial charge in [-0.1, -0.05) is 18.5 Å². The molecule has 0 bridgehead atoms. The van der Waals surface area contributed by atoms with Crippen LogP contribution >= 0.6 is 0 Å². The summed E-state index contributed by atoms with van der Waals surface area (Å²) < 4.78 is 0. The minimum atomic E-state index is 0.811. The van der Waals surface area contributed by atoms with Crippen LogP contribution in [0.15, 0.2) is 10.1 Å². The summed E-state index contributed by atoms with van der Waals surface area (Å²) >= 11 is 0. The molecule has 68 valence electrons. The topological polar surface area (TPSA) is 48.2 Å². The van der Waals surface area contributed by atoms with Crippen LogP contribution in [0.4, 0.5) is 0 Å². The van der Waals surface area contributed by atoms with Crippen LogP contribution in [0.3, 0.4) is 0 Å². The molecule has 0 amide bonds. The largest absolute Gasteiger partial charge is 0.411 e. The third-order valence-electron chi connectivity index (χ3n) is 1.92. The first kappa shape index (κ1) is 9.03. The van der Waals surface area contributed by atoms with Crippen molar-refractivity contribution >= 4 is 12.1 Å². The van der Waals surface area contributed by atoms with Gasteiger partial charge in [0, 0.05) is 13.1 Å². The fourth-order valence-electron chi connectivity index (χ4n) is 1.25. The van der Waals surface area contributed by atoms with E-state index in [0.717, 1.165) is 31.9 Å². The van der Waals surface area contributed by atoms with Gasteiger partial charge in [-0.05, 0) is 6.42 Å². The van der Waals surface area contributed by atoms with Gasteiger partial charge in [0.25, 0.3) is 0 Å². The Morgan fingerprint density at radius 3 is 3.25 bits per heavy atom. The van der Waals surface area contributed by atoms with Crippen molar-refractivity contribution in [2.45, 2.75) is 19.8 Å². The molecule has 0 aliphatic carbocycles. The number of aliphatic imine (C=N–C) groups is 1. The van der Waals surface area contributed by atoms with Crippen LogP contribution in [-0.2, 0) is 0 Å². The first-order valence-electron chi connectivity index (χ1n) is 4.35. The standard InChI is InChI=1S/C8H15N3O/c1-2-3-5-11-6-4-9-8(11)7-10-12/h7,12H,2-6H2,1H3/b10-7-. The van der Waals surface area contributed by atoms with Crippen LogP contribution in [0, 0.1) is 0 Å². The van der Waals surface area contributed by atoms with Gasteiger partial charge >= 0.3 is 0 Å². The lowest BCUT2D eigenvalue weighted by Crippen LogP contribution is -2.29. The van der Waals surface area contributed by atoms with Gasteiger partial charge < -0.3 is 10.1 Å². The SMILES string of the molecule is CCCCN1CCN=C1/C=N\O. The van der Waals surface area contributed by atoms with Crippen LogP contribution < -0.4 is 0 Å². The molecule has 1 N–H and O–H groups in total. The molecule has 1 aliphatic heterocycles. The minimum absolute atomic E-state index is 0.811. The third-order valence-corrected chi connectivity index (χ3v) is 1.92. The van der Waals surface area contributed by atoms with Crippen LogP contribution in [0.1, 0.15) is 19.8 Å². The molecule has 0 saturated carbocycles. The average molecular weight is 169 g/mol. The lowest BCUT2D eigenvalue weighted by Gasteiger charge is -2.16. The molecule has 1 rings (SSSR count). The lowest BCUT2D eigenvalue weighted by atomic mass is 10.3. The number of hydrogen-bond donors (Lipinski definition) is 1. The Morgan fingerprint density at radius 1 is 1.75 bits per heavy atom. The van der Waals surface area contributed by atoms with Gasteiger partial charge in [-0.15, -0.1) is 0 Å². The number of oxime groups is 1. The quantitative estimate of drug-likeness (QED) is 0.387. The molecular weight excluding hydrogens is 154 g/mol. The monoisotopic (exact) mass is 169 g/mol. The van der Waals surface area contributed by atoms with Crippen molar-refractivity contribution in [1.29, 1.82) is 0 Å². The molecule has 0 aromatic heterocycles. The lowest BCUT2D eigenvalue weighted by molar-refractivity contribution is 0.321. The van der Waals surface area contributed by atoms with Crippen LogP contribution in [0.2, 0.25) is 0 Å². The van der Waals surface area contributed by atoms with E-state index in [1.807, 2.05) is 0 Å². The van der Waals surface area contributed by atoms with Crippen LogP contribution in [0.25, 0.3) is 0 Å². The van der Waals surface area contributed by atoms with E-state index < -0.39 is 0 Å². The number of amidine groups is 1. The van der Waals surface area contributed by atoms with E-state index >= 15 is 0 Å². The maximum absolute atomic E-state index is 8.33. The van der Waals surface area contributed by atoms with E-state index in [9.17, 15) is 0 Å². The summed E-state index contributed by atoms with van der Waals surface area (Å²) in [7, 11) is 0. The van der Waals surface area contributed by atoms with Crippen molar-refractivity contribution < 1.29 is 5.21 Å². The fourth-order valence-corrected chi connectivity index (χ4v) is 1.25. The first-order valence-corrected chi connectivity index (χ1v) is 4.35. The van der Waals surface area contributed by atoms with Crippen LogP contribution in [-0.4, -0.2) is 41.8 Å². The van der Waals surface area contributed by atoms with E-state index in [4.69, 9.17) is 5.21 Å². The molecule has 0 atom stereocenters. The van der Waals surface area contributed by atoms with Gasteiger partial charge in [0.2, 0.25) is 0 Å². The summed E-state index contributed by atoms with van der Waals surface area (Å²) in [5.74, 6) is 0.811. The summed E-state index contributed by atoms with van der Waals surface area (Å²) in [5, 5.41) is 11.3. The van der Waals surface area contributed by atoms with Crippen molar-refractivity contribution in [3.8, 4) is 0 Å². The molecule has 0 aromatic rings. The molecule has 0 fully saturated rings. The Hall–Kier alpha value is -1.06. The second-order valence-corrected chi connectivity index (χ2v) is 2.83. The van der Waals surface area contributed by atoms with E-state index in [1.165, 1.54) is 12.6 Å². The zero-order chi connectivity index (χ0) is 8.81. The molecule has 0 radical (unpaired) electrons. The molecule has 4 nitrogen and oxygen atoms in total. The number of rotatable bonds is 4. The predicted molar refractivity (Wildman–Crippen MR) is 49.1 cm³/mol. The van der Waals surface area contributed by atoms with Crippen LogP contribution in [0.5, 0.6) is 0 Å². The number of unbranched alkanes of at least 4 members (excludes halogenated alkanes) is 1. The Kier molecular flexibility index (Phi) is 3.57.